The van der Waals surface area contributed by atoms with Crippen molar-refractivity contribution < 1.29 is 9.53 Å². The Balaban J connectivity index is 1.78. The molecule has 0 saturated carbocycles. The van der Waals surface area contributed by atoms with Crippen molar-refractivity contribution >= 4 is 17.5 Å². The van der Waals surface area contributed by atoms with E-state index in [4.69, 9.17) is 16.3 Å². The van der Waals surface area contributed by atoms with Crippen molar-refractivity contribution in [1.29, 1.82) is 0 Å². The number of methoxy groups -OCH3 is 1. The largest absolute Gasteiger partial charge is 0.496 e. The van der Waals surface area contributed by atoms with E-state index in [9.17, 15) is 4.79 Å². The Kier molecular flexibility index (Phi) is 4.76. The molecule has 7 heteroatoms. The molecule has 0 radical (unpaired) electrons. The molecule has 0 bridgehead atoms. The molecule has 3 rings (SSSR count). The molecule has 24 heavy (non-hydrogen) atoms. The number of carbonyl (C=O) groups excluding carboxylic acids is 1. The second-order valence-corrected chi connectivity index (χ2v) is 6.49. The number of ether oxygens (including phenoxy) is 1. The highest BCUT2D eigenvalue weighted by atomic mass is 35.5. The van der Waals surface area contributed by atoms with Crippen LogP contribution in [0.25, 0.3) is 0 Å². The van der Waals surface area contributed by atoms with Crippen molar-refractivity contribution in [3.63, 3.8) is 0 Å². The van der Waals surface area contributed by atoms with Gasteiger partial charge in [0.2, 0.25) is 0 Å². The number of aryl methyl sites for hydroxylation is 2. The maximum absolute atomic E-state index is 12.9. The molecule has 0 N–H and O–H groups in total. The Morgan fingerprint density at radius 3 is 2.92 bits per heavy atom. The molecule has 1 aliphatic rings. The van der Waals surface area contributed by atoms with E-state index in [0.29, 0.717) is 16.3 Å². The third-order valence-corrected chi connectivity index (χ3v) is 4.89. The quantitative estimate of drug-likeness (QED) is 0.855. The first-order valence-electron chi connectivity index (χ1n) is 8.00. The lowest BCUT2D eigenvalue weighted by molar-refractivity contribution is 0.0712. The summed E-state index contributed by atoms with van der Waals surface area (Å²) in [5, 5.41) is 8.87. The second kappa shape index (κ2) is 6.81. The number of hydrogen-bond acceptors (Lipinski definition) is 4. The number of nitrogens with zero attached hydrogens (tertiary/aromatic N) is 4. The van der Waals surface area contributed by atoms with Crippen molar-refractivity contribution in [2.45, 2.75) is 38.8 Å². The average molecular weight is 349 g/mol. The van der Waals surface area contributed by atoms with E-state index in [0.717, 1.165) is 37.5 Å². The molecule has 1 aromatic carbocycles. The van der Waals surface area contributed by atoms with E-state index in [1.807, 2.05) is 14.0 Å². The van der Waals surface area contributed by atoms with Crippen molar-refractivity contribution in [2.75, 3.05) is 14.2 Å². The van der Waals surface area contributed by atoms with Crippen LogP contribution in [0, 0.1) is 6.92 Å². The average Bonchev–Trinajstić information content (AvgIpc) is 2.81. The Labute approximate surface area is 146 Å². The third kappa shape index (κ3) is 3.11. The van der Waals surface area contributed by atoms with Crippen LogP contribution in [0.5, 0.6) is 5.75 Å². The normalized spacial score (nSPS) is 17.1. The zero-order valence-corrected chi connectivity index (χ0v) is 14.9. The minimum atomic E-state index is -0.0752. The van der Waals surface area contributed by atoms with Crippen molar-refractivity contribution in [2.24, 2.45) is 0 Å². The van der Waals surface area contributed by atoms with E-state index in [1.165, 1.54) is 0 Å². The SMILES string of the molecule is COc1ccc(Cl)cc1C(=O)N(C)C1CCc2nnc(C)n2CC1. The van der Waals surface area contributed by atoms with Gasteiger partial charge in [-0.05, 0) is 38.0 Å². The molecular weight excluding hydrogens is 328 g/mol. The van der Waals surface area contributed by atoms with E-state index >= 15 is 0 Å². The molecule has 1 atom stereocenters. The summed E-state index contributed by atoms with van der Waals surface area (Å²) in [5.41, 5.74) is 0.493. The smallest absolute Gasteiger partial charge is 0.257 e. The Bertz CT molecular complexity index is 759. The number of halogens is 1. The van der Waals surface area contributed by atoms with Gasteiger partial charge in [-0.1, -0.05) is 11.6 Å². The fraction of sp³-hybridized carbons (Fsp3) is 0.471. The molecule has 128 valence electrons. The lowest BCUT2D eigenvalue weighted by atomic mass is 10.1. The molecule has 1 aromatic heterocycles. The van der Waals surface area contributed by atoms with Crippen LogP contribution in [0.4, 0.5) is 0 Å². The van der Waals surface area contributed by atoms with Crippen LogP contribution in [0.15, 0.2) is 18.2 Å². The summed E-state index contributed by atoms with van der Waals surface area (Å²) in [6, 6.07) is 5.25. The fourth-order valence-corrected chi connectivity index (χ4v) is 3.38. The van der Waals surface area contributed by atoms with Crippen LogP contribution in [-0.2, 0) is 13.0 Å². The van der Waals surface area contributed by atoms with E-state index in [2.05, 4.69) is 14.8 Å². The van der Waals surface area contributed by atoms with Gasteiger partial charge in [-0.25, -0.2) is 0 Å². The first-order valence-corrected chi connectivity index (χ1v) is 8.38. The van der Waals surface area contributed by atoms with Crippen molar-refractivity contribution in [3.8, 4) is 5.75 Å². The molecule has 2 aromatic rings. The maximum Gasteiger partial charge on any atom is 0.257 e. The summed E-state index contributed by atoms with van der Waals surface area (Å²) in [6.45, 7) is 2.78. The highest BCUT2D eigenvalue weighted by Crippen LogP contribution is 2.26. The number of aromatic nitrogens is 3. The van der Waals surface area contributed by atoms with Gasteiger partial charge in [0.15, 0.2) is 0 Å². The lowest BCUT2D eigenvalue weighted by Gasteiger charge is -2.27. The van der Waals surface area contributed by atoms with E-state index in [1.54, 1.807) is 30.2 Å². The van der Waals surface area contributed by atoms with Crippen molar-refractivity contribution in [1.82, 2.24) is 19.7 Å². The molecule has 1 amide bonds. The summed E-state index contributed by atoms with van der Waals surface area (Å²) in [7, 11) is 3.40. The number of amides is 1. The monoisotopic (exact) mass is 348 g/mol. The van der Waals surface area contributed by atoms with E-state index in [-0.39, 0.29) is 11.9 Å². The van der Waals surface area contributed by atoms with Crippen LogP contribution >= 0.6 is 11.6 Å². The van der Waals surface area contributed by atoms with Crippen molar-refractivity contribution in [3.05, 3.63) is 40.4 Å². The van der Waals surface area contributed by atoms with Gasteiger partial charge >= 0.3 is 0 Å². The van der Waals surface area contributed by atoms with Crippen LogP contribution in [0.1, 0.15) is 34.8 Å². The summed E-state index contributed by atoms with van der Waals surface area (Å²) in [6.07, 6.45) is 2.55. The fourth-order valence-electron chi connectivity index (χ4n) is 3.21. The molecule has 0 saturated heterocycles. The summed E-state index contributed by atoms with van der Waals surface area (Å²) in [4.78, 5) is 14.7. The Hall–Kier alpha value is -2.08. The number of hydrogen-bond donors (Lipinski definition) is 0. The van der Waals surface area contributed by atoms with Gasteiger partial charge in [-0.3, -0.25) is 4.79 Å². The minimum absolute atomic E-state index is 0.0752. The summed E-state index contributed by atoms with van der Waals surface area (Å²) < 4.78 is 7.45. The highest BCUT2D eigenvalue weighted by Gasteiger charge is 2.27. The first kappa shape index (κ1) is 16.8. The van der Waals surface area contributed by atoms with E-state index < -0.39 is 0 Å². The first-order chi connectivity index (χ1) is 11.5. The highest BCUT2D eigenvalue weighted by molar-refractivity contribution is 6.31. The van der Waals surface area contributed by atoms with Gasteiger partial charge in [0, 0.05) is 31.1 Å². The van der Waals surface area contributed by atoms with Gasteiger partial charge in [0.05, 0.1) is 12.7 Å². The summed E-state index contributed by atoms with van der Waals surface area (Å²) >= 11 is 6.05. The van der Waals surface area contributed by atoms with Gasteiger partial charge in [-0.2, -0.15) is 0 Å². The van der Waals surface area contributed by atoms with Gasteiger partial charge < -0.3 is 14.2 Å². The maximum atomic E-state index is 12.9. The molecule has 2 heterocycles. The molecule has 0 aliphatic carbocycles. The molecule has 0 spiro atoms. The zero-order chi connectivity index (χ0) is 17.3. The third-order valence-electron chi connectivity index (χ3n) is 4.66. The van der Waals surface area contributed by atoms with Gasteiger partial charge in [-0.15, -0.1) is 10.2 Å². The standard InChI is InChI=1S/C17H21ClN4O2/c1-11-19-20-16-7-5-13(8-9-22(11)16)21(2)17(23)14-10-12(18)4-6-15(14)24-3/h4,6,10,13H,5,7-9H2,1-3H3. The second-order valence-electron chi connectivity index (χ2n) is 6.06. The number of carbonyl (C=O) groups is 1. The molecule has 6 nitrogen and oxygen atoms in total. The topological polar surface area (TPSA) is 60.2 Å². The van der Waals surface area contributed by atoms with Crippen LogP contribution in [0.3, 0.4) is 0 Å². The Morgan fingerprint density at radius 1 is 1.38 bits per heavy atom. The molecule has 1 unspecified atom stereocenters. The lowest BCUT2D eigenvalue weighted by Crippen LogP contribution is -2.37. The minimum Gasteiger partial charge on any atom is -0.496 e. The molecule has 0 fully saturated rings. The molecular formula is C17H21ClN4O2. The Morgan fingerprint density at radius 2 is 2.17 bits per heavy atom. The van der Waals surface area contributed by atoms with Gasteiger partial charge in [0.25, 0.3) is 5.91 Å². The van der Waals surface area contributed by atoms with Gasteiger partial charge in [0.1, 0.15) is 17.4 Å². The number of benzene rings is 1. The zero-order valence-electron chi connectivity index (χ0n) is 14.1. The predicted molar refractivity (Wildman–Crippen MR) is 91.6 cm³/mol. The van der Waals surface area contributed by atoms with Crippen LogP contribution < -0.4 is 4.74 Å². The summed E-state index contributed by atoms with van der Waals surface area (Å²) in [5.74, 6) is 2.39. The molecule has 1 aliphatic heterocycles. The number of rotatable bonds is 3. The van der Waals surface area contributed by atoms with Crippen LogP contribution in [0.2, 0.25) is 5.02 Å². The van der Waals surface area contributed by atoms with Crippen LogP contribution in [-0.4, -0.2) is 45.8 Å². The predicted octanol–water partition coefficient (Wildman–Crippen LogP) is 2.73. The number of fused-ring (bicyclic) bond motifs is 1.